The molecule has 40 heavy (non-hydrogen) atoms. The zero-order chi connectivity index (χ0) is 27.7. The van der Waals surface area contributed by atoms with Crippen LogP contribution < -0.4 is 24.3 Å². The Morgan fingerprint density at radius 2 is 1.50 bits per heavy atom. The van der Waals surface area contributed by atoms with Crippen molar-refractivity contribution >= 4 is 11.8 Å². The van der Waals surface area contributed by atoms with E-state index >= 15 is 0 Å². The van der Waals surface area contributed by atoms with E-state index < -0.39 is 6.04 Å². The molecule has 1 aliphatic rings. The maximum atomic E-state index is 13.8. The van der Waals surface area contributed by atoms with Crippen molar-refractivity contribution in [3.05, 3.63) is 120 Å². The highest BCUT2D eigenvalue weighted by molar-refractivity contribution is 5.89. The molecule has 8 nitrogen and oxygen atoms in total. The number of hydrogen-bond acceptors (Lipinski definition) is 6. The number of nitrogens with one attached hydrogen (secondary N) is 1. The van der Waals surface area contributed by atoms with Crippen molar-refractivity contribution in [1.82, 2.24) is 10.2 Å². The predicted octanol–water partition coefficient (Wildman–Crippen LogP) is 4.89. The summed E-state index contributed by atoms with van der Waals surface area (Å²) < 4.78 is 21.9. The highest BCUT2D eigenvalue weighted by Gasteiger charge is 2.32. The standard InChI is InChI=1S/C32H30N2O6/c1-37-26-15-12-23(13-16-26)20-34(30(35)21-38-27-10-6-3-7-11-27)31(25-8-4-2-5-9-25)32(36)33-19-24-14-17-28-29(18-24)40-22-39-28/h2-18,31H,19-22H2,1H3,(H,33,36)/t31-/m1/s1. The number of para-hydroxylation sites is 1. The van der Waals surface area contributed by atoms with Gasteiger partial charge in [0.2, 0.25) is 12.7 Å². The fraction of sp³-hybridized carbons (Fsp3) is 0.188. The van der Waals surface area contributed by atoms with Crippen LogP contribution in [0.25, 0.3) is 0 Å². The molecule has 2 amide bonds. The summed E-state index contributed by atoms with van der Waals surface area (Å²) in [4.78, 5) is 29.1. The van der Waals surface area contributed by atoms with Crippen molar-refractivity contribution in [2.45, 2.75) is 19.1 Å². The van der Waals surface area contributed by atoms with Crippen LogP contribution >= 0.6 is 0 Å². The van der Waals surface area contributed by atoms with Crippen LogP contribution in [0.15, 0.2) is 103 Å². The van der Waals surface area contributed by atoms with Crippen LogP contribution in [0.1, 0.15) is 22.7 Å². The predicted molar refractivity (Wildman–Crippen MR) is 149 cm³/mol. The molecule has 4 aromatic rings. The number of amides is 2. The molecule has 0 fully saturated rings. The highest BCUT2D eigenvalue weighted by atomic mass is 16.7. The molecule has 0 aromatic heterocycles. The zero-order valence-electron chi connectivity index (χ0n) is 22.1. The Kier molecular flexibility index (Phi) is 8.46. The van der Waals surface area contributed by atoms with Crippen LogP contribution in [0.4, 0.5) is 0 Å². The number of methoxy groups -OCH3 is 1. The van der Waals surface area contributed by atoms with Crippen molar-refractivity contribution in [1.29, 1.82) is 0 Å². The molecule has 0 aliphatic carbocycles. The monoisotopic (exact) mass is 538 g/mol. The van der Waals surface area contributed by atoms with E-state index in [0.717, 1.165) is 11.1 Å². The van der Waals surface area contributed by atoms with E-state index in [4.69, 9.17) is 18.9 Å². The van der Waals surface area contributed by atoms with Crippen molar-refractivity contribution in [3.63, 3.8) is 0 Å². The van der Waals surface area contributed by atoms with E-state index in [1.165, 1.54) is 0 Å². The van der Waals surface area contributed by atoms with Crippen LogP contribution in [0.3, 0.4) is 0 Å². The third-order valence-electron chi connectivity index (χ3n) is 6.52. The summed E-state index contributed by atoms with van der Waals surface area (Å²) in [5.74, 6) is 1.95. The van der Waals surface area contributed by atoms with E-state index in [1.54, 1.807) is 24.1 Å². The average molecular weight is 539 g/mol. The molecule has 4 aromatic carbocycles. The van der Waals surface area contributed by atoms with Gasteiger partial charge in [0, 0.05) is 13.1 Å². The van der Waals surface area contributed by atoms with Crippen LogP contribution in [0.2, 0.25) is 0 Å². The lowest BCUT2D eigenvalue weighted by Crippen LogP contribution is -2.45. The Bertz CT molecular complexity index is 1430. The van der Waals surface area contributed by atoms with Gasteiger partial charge in [-0.15, -0.1) is 0 Å². The lowest BCUT2D eigenvalue weighted by atomic mass is 10.0. The Balaban J connectivity index is 1.41. The van der Waals surface area contributed by atoms with Gasteiger partial charge in [0.25, 0.3) is 5.91 Å². The van der Waals surface area contributed by atoms with E-state index in [0.29, 0.717) is 28.6 Å². The van der Waals surface area contributed by atoms with Crippen molar-refractivity contribution in [3.8, 4) is 23.0 Å². The molecule has 1 atom stereocenters. The molecule has 1 heterocycles. The minimum Gasteiger partial charge on any atom is -0.497 e. The van der Waals surface area contributed by atoms with Crippen LogP contribution in [0.5, 0.6) is 23.0 Å². The molecular formula is C32H30N2O6. The number of carbonyl (C=O) groups is 2. The van der Waals surface area contributed by atoms with E-state index in [9.17, 15) is 9.59 Å². The molecule has 8 heteroatoms. The van der Waals surface area contributed by atoms with Gasteiger partial charge in [-0.1, -0.05) is 66.7 Å². The number of hydrogen-bond donors (Lipinski definition) is 1. The highest BCUT2D eigenvalue weighted by Crippen LogP contribution is 2.32. The second-order valence-corrected chi connectivity index (χ2v) is 9.19. The number of nitrogens with zero attached hydrogens (tertiary/aromatic N) is 1. The summed E-state index contributed by atoms with van der Waals surface area (Å²) in [6, 6.07) is 30.4. The first-order chi connectivity index (χ1) is 19.6. The SMILES string of the molecule is COc1ccc(CN(C(=O)COc2ccccc2)[C@@H](C(=O)NCc2ccc3c(c2)OCO3)c2ccccc2)cc1. The van der Waals surface area contributed by atoms with Crippen LogP contribution in [-0.2, 0) is 22.7 Å². The first-order valence-corrected chi connectivity index (χ1v) is 12.9. The summed E-state index contributed by atoms with van der Waals surface area (Å²) in [7, 11) is 1.60. The molecule has 0 saturated heterocycles. The van der Waals surface area contributed by atoms with Gasteiger partial charge in [-0.05, 0) is 53.1 Å². The number of benzene rings is 4. The smallest absolute Gasteiger partial charge is 0.261 e. The first-order valence-electron chi connectivity index (χ1n) is 12.9. The molecule has 204 valence electrons. The number of rotatable bonds is 11. The summed E-state index contributed by atoms with van der Waals surface area (Å²) in [5, 5.41) is 3.01. The molecule has 1 aliphatic heterocycles. The van der Waals surface area contributed by atoms with Gasteiger partial charge < -0.3 is 29.2 Å². The third kappa shape index (κ3) is 6.53. The van der Waals surface area contributed by atoms with Crippen LogP contribution in [0, 0.1) is 0 Å². The van der Waals surface area contributed by atoms with Crippen molar-refractivity contribution in [2.24, 2.45) is 0 Å². The lowest BCUT2D eigenvalue weighted by Gasteiger charge is -2.31. The first kappa shape index (κ1) is 26.6. The molecule has 1 N–H and O–H groups in total. The largest absolute Gasteiger partial charge is 0.497 e. The van der Waals surface area contributed by atoms with Gasteiger partial charge in [-0.3, -0.25) is 9.59 Å². The average Bonchev–Trinajstić information content (AvgIpc) is 3.48. The van der Waals surface area contributed by atoms with Crippen LogP contribution in [-0.4, -0.2) is 37.2 Å². The maximum Gasteiger partial charge on any atom is 0.261 e. The van der Waals surface area contributed by atoms with Gasteiger partial charge >= 0.3 is 0 Å². The second-order valence-electron chi connectivity index (χ2n) is 9.19. The molecule has 0 saturated carbocycles. The summed E-state index contributed by atoms with van der Waals surface area (Å²) >= 11 is 0. The fourth-order valence-corrected chi connectivity index (χ4v) is 4.44. The van der Waals surface area contributed by atoms with Crippen molar-refractivity contribution in [2.75, 3.05) is 20.5 Å². The van der Waals surface area contributed by atoms with Gasteiger partial charge in [0.05, 0.1) is 7.11 Å². The Morgan fingerprint density at radius 3 is 2.23 bits per heavy atom. The second kappa shape index (κ2) is 12.7. The van der Waals surface area contributed by atoms with E-state index in [2.05, 4.69) is 5.32 Å². The quantitative estimate of drug-likeness (QED) is 0.293. The Hall–Kier alpha value is -4.98. The molecule has 0 bridgehead atoms. The normalized spacial score (nSPS) is 12.3. The van der Waals surface area contributed by atoms with E-state index in [1.807, 2.05) is 91.0 Å². The Morgan fingerprint density at radius 1 is 0.825 bits per heavy atom. The lowest BCUT2D eigenvalue weighted by molar-refractivity contribution is -0.143. The molecule has 0 radical (unpaired) electrons. The van der Waals surface area contributed by atoms with Gasteiger partial charge in [0.15, 0.2) is 18.1 Å². The summed E-state index contributed by atoms with van der Waals surface area (Å²) in [5.41, 5.74) is 2.38. The minimum absolute atomic E-state index is 0.175. The fourth-order valence-electron chi connectivity index (χ4n) is 4.44. The molecular weight excluding hydrogens is 508 g/mol. The van der Waals surface area contributed by atoms with Crippen molar-refractivity contribution < 1.29 is 28.5 Å². The number of fused-ring (bicyclic) bond motifs is 1. The van der Waals surface area contributed by atoms with Gasteiger partial charge in [-0.2, -0.15) is 0 Å². The van der Waals surface area contributed by atoms with Gasteiger partial charge in [0.1, 0.15) is 17.5 Å². The molecule has 0 spiro atoms. The third-order valence-corrected chi connectivity index (χ3v) is 6.52. The summed E-state index contributed by atoms with van der Waals surface area (Å²) in [6.45, 7) is 0.398. The zero-order valence-corrected chi connectivity index (χ0v) is 22.1. The maximum absolute atomic E-state index is 13.8. The topological polar surface area (TPSA) is 86.3 Å². The minimum atomic E-state index is -0.899. The van der Waals surface area contributed by atoms with Gasteiger partial charge in [-0.25, -0.2) is 0 Å². The van der Waals surface area contributed by atoms with E-state index in [-0.39, 0.29) is 38.3 Å². The number of ether oxygens (including phenoxy) is 4. The summed E-state index contributed by atoms with van der Waals surface area (Å²) in [6.07, 6.45) is 0. The molecule has 5 rings (SSSR count). The Labute approximate surface area is 233 Å². The number of carbonyl (C=O) groups excluding carboxylic acids is 2. The molecule has 0 unspecified atom stereocenters.